The third-order valence-corrected chi connectivity index (χ3v) is 6.96. The topological polar surface area (TPSA) is 96.0 Å². The molecule has 0 saturated carbocycles. The molecule has 1 aliphatic rings. The highest BCUT2D eigenvalue weighted by Gasteiger charge is 2.24. The van der Waals surface area contributed by atoms with Crippen molar-refractivity contribution >= 4 is 27.5 Å². The molecule has 3 rings (SSSR count). The summed E-state index contributed by atoms with van der Waals surface area (Å²) in [6.45, 7) is 2.69. The van der Waals surface area contributed by atoms with E-state index in [1.165, 1.54) is 26.2 Å². The molecular formula is C22H27N3O5S. The minimum absolute atomic E-state index is 0.0653. The highest BCUT2D eigenvalue weighted by molar-refractivity contribution is 7.89. The molecule has 0 fully saturated rings. The molecule has 2 amide bonds. The standard InChI is InChI=1S/C22H27N3O5S/c1-16(17-8-10-18(11-9-17)31(28,29)24(2)3)23-21(26)12-13-22(27)25-14-15-30-20-7-5-4-6-19(20)25/h4-11,16H,12-15H2,1-3H3,(H,23,26). The van der Waals surface area contributed by atoms with Gasteiger partial charge in [-0.2, -0.15) is 0 Å². The Morgan fingerprint density at radius 2 is 1.77 bits per heavy atom. The molecule has 166 valence electrons. The zero-order valence-corrected chi connectivity index (χ0v) is 18.7. The lowest BCUT2D eigenvalue weighted by Crippen LogP contribution is -2.38. The Kier molecular flexibility index (Phi) is 6.97. The van der Waals surface area contributed by atoms with Crippen LogP contribution < -0.4 is 15.0 Å². The summed E-state index contributed by atoms with van der Waals surface area (Å²) >= 11 is 0. The fourth-order valence-electron chi connectivity index (χ4n) is 3.32. The Morgan fingerprint density at radius 3 is 2.45 bits per heavy atom. The van der Waals surface area contributed by atoms with E-state index in [9.17, 15) is 18.0 Å². The number of sulfonamides is 1. The third-order valence-electron chi connectivity index (χ3n) is 5.13. The molecule has 0 saturated heterocycles. The number of hydrogen-bond acceptors (Lipinski definition) is 5. The molecule has 1 unspecified atom stereocenters. The number of para-hydroxylation sites is 2. The Bertz CT molecular complexity index is 1050. The van der Waals surface area contributed by atoms with Crippen LogP contribution in [0.4, 0.5) is 5.69 Å². The number of carbonyl (C=O) groups is 2. The van der Waals surface area contributed by atoms with E-state index in [1.54, 1.807) is 17.0 Å². The summed E-state index contributed by atoms with van der Waals surface area (Å²) in [7, 11) is -0.547. The summed E-state index contributed by atoms with van der Waals surface area (Å²) in [6, 6.07) is 13.4. The third kappa shape index (κ3) is 5.23. The molecule has 1 atom stereocenters. The van der Waals surface area contributed by atoms with Gasteiger partial charge >= 0.3 is 0 Å². The first-order valence-corrected chi connectivity index (χ1v) is 11.5. The maximum atomic E-state index is 12.6. The molecule has 0 bridgehead atoms. The van der Waals surface area contributed by atoms with Gasteiger partial charge in [-0.25, -0.2) is 12.7 Å². The number of carbonyl (C=O) groups excluding carboxylic acids is 2. The Morgan fingerprint density at radius 1 is 1.10 bits per heavy atom. The van der Waals surface area contributed by atoms with Gasteiger partial charge < -0.3 is 15.0 Å². The van der Waals surface area contributed by atoms with Crippen molar-refractivity contribution in [2.45, 2.75) is 30.7 Å². The van der Waals surface area contributed by atoms with Gasteiger partial charge in [0.25, 0.3) is 0 Å². The lowest BCUT2D eigenvalue weighted by Gasteiger charge is -2.29. The minimum atomic E-state index is -3.50. The van der Waals surface area contributed by atoms with Crippen LogP contribution in [0.2, 0.25) is 0 Å². The summed E-state index contributed by atoms with van der Waals surface area (Å²) in [4.78, 5) is 26.8. The van der Waals surface area contributed by atoms with Gasteiger partial charge in [-0.3, -0.25) is 9.59 Å². The average Bonchev–Trinajstić information content (AvgIpc) is 2.77. The summed E-state index contributed by atoms with van der Waals surface area (Å²) < 4.78 is 31.0. The Hall–Kier alpha value is -2.91. The van der Waals surface area contributed by atoms with Crippen LogP contribution in [-0.2, 0) is 19.6 Å². The first-order valence-electron chi connectivity index (χ1n) is 10.0. The predicted molar refractivity (Wildman–Crippen MR) is 117 cm³/mol. The first kappa shape index (κ1) is 22.8. The van der Waals surface area contributed by atoms with Crippen molar-refractivity contribution in [2.24, 2.45) is 0 Å². The van der Waals surface area contributed by atoms with Gasteiger partial charge in [-0.1, -0.05) is 24.3 Å². The Balaban J connectivity index is 1.55. The van der Waals surface area contributed by atoms with E-state index in [-0.39, 0.29) is 35.6 Å². The molecule has 0 aliphatic carbocycles. The SMILES string of the molecule is CC(NC(=O)CCC(=O)N1CCOc2ccccc21)c1ccc(S(=O)(=O)N(C)C)cc1. The molecule has 1 heterocycles. The lowest BCUT2D eigenvalue weighted by molar-refractivity contribution is -0.125. The molecule has 1 aliphatic heterocycles. The summed E-state index contributed by atoms with van der Waals surface area (Å²) in [5.74, 6) is 0.295. The van der Waals surface area contributed by atoms with E-state index in [1.807, 2.05) is 31.2 Å². The van der Waals surface area contributed by atoms with Gasteiger partial charge in [0.05, 0.1) is 23.2 Å². The van der Waals surface area contributed by atoms with Crippen LogP contribution in [-0.4, -0.2) is 51.8 Å². The van der Waals surface area contributed by atoms with Crippen LogP contribution in [0.1, 0.15) is 31.4 Å². The van der Waals surface area contributed by atoms with Crippen LogP contribution in [0.3, 0.4) is 0 Å². The molecule has 8 nitrogen and oxygen atoms in total. The van der Waals surface area contributed by atoms with E-state index < -0.39 is 10.0 Å². The zero-order chi connectivity index (χ0) is 22.6. The largest absolute Gasteiger partial charge is 0.490 e. The fourth-order valence-corrected chi connectivity index (χ4v) is 4.22. The van der Waals surface area contributed by atoms with Gasteiger partial charge in [-0.05, 0) is 36.8 Å². The first-order chi connectivity index (χ1) is 14.7. The van der Waals surface area contributed by atoms with Gasteiger partial charge in [0.2, 0.25) is 21.8 Å². The highest BCUT2D eigenvalue weighted by Crippen LogP contribution is 2.31. The van der Waals surface area contributed by atoms with Gasteiger partial charge in [-0.15, -0.1) is 0 Å². The maximum absolute atomic E-state index is 12.6. The number of benzene rings is 2. The molecule has 0 aromatic heterocycles. The number of ether oxygens (including phenoxy) is 1. The van der Waals surface area contributed by atoms with Crippen LogP contribution in [0, 0.1) is 0 Å². The number of nitrogens with one attached hydrogen (secondary N) is 1. The number of hydrogen-bond donors (Lipinski definition) is 1. The van der Waals surface area contributed by atoms with E-state index in [0.29, 0.717) is 18.9 Å². The predicted octanol–water partition coefficient (Wildman–Crippen LogP) is 2.32. The lowest BCUT2D eigenvalue weighted by atomic mass is 10.1. The number of amides is 2. The van der Waals surface area contributed by atoms with E-state index in [0.717, 1.165) is 15.6 Å². The second kappa shape index (κ2) is 9.49. The number of anilines is 1. The molecule has 0 spiro atoms. The monoisotopic (exact) mass is 445 g/mol. The van der Waals surface area contributed by atoms with Crippen molar-refractivity contribution in [1.82, 2.24) is 9.62 Å². The van der Waals surface area contributed by atoms with Crippen molar-refractivity contribution in [3.63, 3.8) is 0 Å². The smallest absolute Gasteiger partial charge is 0.242 e. The van der Waals surface area contributed by atoms with E-state index in [4.69, 9.17) is 4.74 Å². The van der Waals surface area contributed by atoms with Crippen LogP contribution >= 0.6 is 0 Å². The molecule has 31 heavy (non-hydrogen) atoms. The Labute approximate surface area is 182 Å². The fraction of sp³-hybridized carbons (Fsp3) is 0.364. The van der Waals surface area contributed by atoms with Crippen molar-refractivity contribution < 1.29 is 22.7 Å². The van der Waals surface area contributed by atoms with Crippen LogP contribution in [0.25, 0.3) is 0 Å². The maximum Gasteiger partial charge on any atom is 0.242 e. The van der Waals surface area contributed by atoms with E-state index >= 15 is 0 Å². The minimum Gasteiger partial charge on any atom is -0.490 e. The molecule has 2 aromatic carbocycles. The number of fused-ring (bicyclic) bond motifs is 1. The van der Waals surface area contributed by atoms with E-state index in [2.05, 4.69) is 5.32 Å². The average molecular weight is 446 g/mol. The molecule has 2 aromatic rings. The van der Waals surface area contributed by atoms with Gasteiger partial charge in [0.15, 0.2) is 0 Å². The van der Waals surface area contributed by atoms with Crippen molar-refractivity contribution in [3.8, 4) is 5.75 Å². The number of rotatable bonds is 7. The summed E-state index contributed by atoms with van der Waals surface area (Å²) in [6.07, 6.45) is 0.155. The van der Waals surface area contributed by atoms with Crippen LogP contribution in [0.5, 0.6) is 5.75 Å². The molecular weight excluding hydrogens is 418 g/mol. The van der Waals surface area contributed by atoms with Crippen molar-refractivity contribution in [1.29, 1.82) is 0 Å². The zero-order valence-electron chi connectivity index (χ0n) is 17.9. The number of nitrogens with zero attached hydrogens (tertiary/aromatic N) is 2. The highest BCUT2D eigenvalue weighted by atomic mass is 32.2. The summed E-state index contributed by atoms with van der Waals surface area (Å²) in [5, 5.41) is 2.86. The van der Waals surface area contributed by atoms with Crippen LogP contribution in [0.15, 0.2) is 53.4 Å². The quantitative estimate of drug-likeness (QED) is 0.706. The second-order valence-corrected chi connectivity index (χ2v) is 9.66. The molecule has 0 radical (unpaired) electrons. The second-order valence-electron chi connectivity index (χ2n) is 7.51. The normalized spacial score (nSPS) is 14.5. The molecule has 9 heteroatoms. The van der Waals surface area contributed by atoms with Crippen molar-refractivity contribution in [2.75, 3.05) is 32.1 Å². The van der Waals surface area contributed by atoms with Gasteiger partial charge in [0.1, 0.15) is 12.4 Å². The van der Waals surface area contributed by atoms with Gasteiger partial charge in [0, 0.05) is 26.9 Å². The van der Waals surface area contributed by atoms with Crippen molar-refractivity contribution in [3.05, 3.63) is 54.1 Å². The molecule has 1 N–H and O–H groups in total. The summed E-state index contributed by atoms with van der Waals surface area (Å²) in [5.41, 5.74) is 1.50.